The molecule has 2 N–H and O–H groups in total. The van der Waals surface area contributed by atoms with Gasteiger partial charge in [0.15, 0.2) is 0 Å². The van der Waals surface area contributed by atoms with Crippen molar-refractivity contribution in [3.63, 3.8) is 0 Å². The van der Waals surface area contributed by atoms with E-state index in [-0.39, 0.29) is 0 Å². The predicted molar refractivity (Wildman–Crippen MR) is 91.1 cm³/mol. The topological polar surface area (TPSA) is 44.5 Å². The molecule has 0 saturated heterocycles. The number of benzene rings is 2. The summed E-state index contributed by atoms with van der Waals surface area (Å²) in [5.41, 5.74) is 4.85. The van der Waals surface area contributed by atoms with E-state index in [0.29, 0.717) is 5.92 Å². The van der Waals surface area contributed by atoms with Crippen LogP contribution in [0.3, 0.4) is 0 Å². The first-order valence-electron chi connectivity index (χ1n) is 7.86. The van der Waals surface area contributed by atoms with E-state index in [1.54, 1.807) is 6.33 Å². The quantitative estimate of drug-likeness (QED) is 0.547. The van der Waals surface area contributed by atoms with Crippen molar-refractivity contribution in [2.45, 2.75) is 25.7 Å². The molecule has 22 heavy (non-hydrogen) atoms. The second-order valence-electron chi connectivity index (χ2n) is 5.81. The average Bonchev–Trinajstić information content (AvgIpc) is 3.19. The van der Waals surface area contributed by atoms with Gasteiger partial charge in [-0.3, -0.25) is 0 Å². The number of hydrogen-bond acceptors (Lipinski definition) is 1. The summed E-state index contributed by atoms with van der Waals surface area (Å²) < 4.78 is 0. The molecule has 3 heteroatoms. The number of hydrogen-bond donors (Lipinski definition) is 2. The zero-order valence-corrected chi connectivity index (χ0v) is 12.6. The Bertz CT molecular complexity index is 903. The minimum absolute atomic E-state index is 0.354. The Kier molecular flexibility index (Phi) is 3.19. The second kappa shape index (κ2) is 5.34. The van der Waals surface area contributed by atoms with E-state index in [2.05, 4.69) is 64.3 Å². The van der Waals surface area contributed by atoms with Gasteiger partial charge < -0.3 is 9.97 Å². The van der Waals surface area contributed by atoms with Crippen LogP contribution in [-0.2, 0) is 0 Å². The van der Waals surface area contributed by atoms with Crippen molar-refractivity contribution >= 4 is 21.8 Å². The summed E-state index contributed by atoms with van der Waals surface area (Å²) in [4.78, 5) is 11.1. The van der Waals surface area contributed by atoms with Crippen LogP contribution < -0.4 is 0 Å². The van der Waals surface area contributed by atoms with Crippen LogP contribution in [-0.4, -0.2) is 15.0 Å². The number of aromatic amines is 2. The molecule has 0 fully saturated rings. The number of nitrogens with one attached hydrogen (secondary N) is 2. The van der Waals surface area contributed by atoms with E-state index in [4.69, 9.17) is 0 Å². The van der Waals surface area contributed by atoms with Crippen molar-refractivity contribution in [1.29, 1.82) is 0 Å². The molecule has 0 amide bonds. The Morgan fingerprint density at radius 3 is 2.73 bits per heavy atom. The van der Waals surface area contributed by atoms with Gasteiger partial charge in [0.2, 0.25) is 0 Å². The third-order valence-electron chi connectivity index (χ3n) is 4.39. The molecule has 2 heterocycles. The summed E-state index contributed by atoms with van der Waals surface area (Å²) in [6, 6.07) is 15.2. The smallest absolute Gasteiger partial charge is 0.0923 e. The first-order valence-corrected chi connectivity index (χ1v) is 7.86. The summed E-state index contributed by atoms with van der Waals surface area (Å²) in [7, 11) is 0. The first kappa shape index (κ1) is 13.1. The highest BCUT2D eigenvalue weighted by atomic mass is 14.9. The van der Waals surface area contributed by atoms with Gasteiger partial charge in [-0.15, -0.1) is 0 Å². The van der Waals surface area contributed by atoms with Crippen molar-refractivity contribution in [2.75, 3.05) is 0 Å². The molecular weight excluding hydrogens is 270 g/mol. The highest BCUT2D eigenvalue weighted by Crippen LogP contribution is 2.32. The summed E-state index contributed by atoms with van der Waals surface area (Å²) in [5.74, 6) is 0.354. The Morgan fingerprint density at radius 2 is 1.91 bits per heavy atom. The lowest BCUT2D eigenvalue weighted by Gasteiger charge is -2.14. The first-order chi connectivity index (χ1) is 10.9. The molecule has 4 rings (SSSR count). The Balaban J connectivity index is 1.85. The van der Waals surface area contributed by atoms with Crippen LogP contribution >= 0.6 is 0 Å². The number of imidazole rings is 1. The van der Waals surface area contributed by atoms with Crippen LogP contribution in [0.15, 0.2) is 55.0 Å². The monoisotopic (exact) mass is 289 g/mol. The van der Waals surface area contributed by atoms with Crippen LogP contribution in [0, 0.1) is 0 Å². The van der Waals surface area contributed by atoms with Gasteiger partial charge >= 0.3 is 0 Å². The van der Waals surface area contributed by atoms with Gasteiger partial charge in [0.05, 0.1) is 12.0 Å². The number of aromatic nitrogens is 3. The molecule has 110 valence electrons. The minimum Gasteiger partial charge on any atom is -0.355 e. The second-order valence-corrected chi connectivity index (χ2v) is 5.81. The number of rotatable bonds is 4. The molecule has 0 saturated carbocycles. The van der Waals surface area contributed by atoms with Gasteiger partial charge in [0, 0.05) is 33.9 Å². The highest BCUT2D eigenvalue weighted by Gasteiger charge is 2.16. The van der Waals surface area contributed by atoms with Crippen LogP contribution in [0.5, 0.6) is 0 Å². The molecule has 0 aliphatic heterocycles. The SMILES string of the molecule is CCCC(c1ccc2c(c1)[nH]c1ccccc12)c1c[nH]cn1. The van der Waals surface area contributed by atoms with Crippen LogP contribution in [0.25, 0.3) is 21.8 Å². The molecule has 3 nitrogen and oxygen atoms in total. The van der Waals surface area contributed by atoms with Gasteiger partial charge in [-0.05, 0) is 24.1 Å². The third-order valence-corrected chi connectivity index (χ3v) is 4.39. The standard InChI is InChI=1S/C19H19N3/c1-2-5-14(19-11-20-12-21-19)13-8-9-16-15-6-3-4-7-17(15)22-18(16)10-13/h3-4,6-12,14,22H,2,5H2,1H3,(H,20,21). The molecule has 0 radical (unpaired) electrons. The molecule has 4 aromatic rings. The van der Waals surface area contributed by atoms with Crippen molar-refractivity contribution in [3.05, 3.63) is 66.2 Å². The van der Waals surface area contributed by atoms with E-state index in [1.807, 2.05) is 6.20 Å². The zero-order valence-electron chi connectivity index (χ0n) is 12.6. The van der Waals surface area contributed by atoms with Gasteiger partial charge in [0.25, 0.3) is 0 Å². The van der Waals surface area contributed by atoms with Crippen molar-refractivity contribution in [3.8, 4) is 0 Å². The van der Waals surface area contributed by atoms with E-state index >= 15 is 0 Å². The summed E-state index contributed by atoms with van der Waals surface area (Å²) in [5, 5.41) is 2.58. The fourth-order valence-corrected chi connectivity index (χ4v) is 3.33. The molecule has 1 atom stereocenters. The average molecular weight is 289 g/mol. The molecule has 0 aliphatic carbocycles. The van der Waals surface area contributed by atoms with Gasteiger partial charge in [-0.2, -0.15) is 0 Å². The lowest BCUT2D eigenvalue weighted by molar-refractivity contribution is 0.684. The van der Waals surface area contributed by atoms with Crippen LogP contribution in [0.1, 0.15) is 36.9 Å². The minimum atomic E-state index is 0.354. The molecular formula is C19H19N3. The summed E-state index contributed by atoms with van der Waals surface area (Å²) in [6.07, 6.45) is 6.02. The predicted octanol–water partition coefficient (Wildman–Crippen LogP) is 4.98. The van der Waals surface area contributed by atoms with Crippen molar-refractivity contribution < 1.29 is 0 Å². The molecule has 0 spiro atoms. The normalized spacial score (nSPS) is 13.0. The Hall–Kier alpha value is -2.55. The number of H-pyrrole nitrogens is 2. The Morgan fingerprint density at radius 1 is 1.05 bits per heavy atom. The molecule has 0 aliphatic rings. The summed E-state index contributed by atoms with van der Waals surface area (Å²) in [6.45, 7) is 2.22. The van der Waals surface area contributed by atoms with Crippen LogP contribution in [0.4, 0.5) is 0 Å². The third kappa shape index (κ3) is 2.10. The zero-order chi connectivity index (χ0) is 14.9. The van der Waals surface area contributed by atoms with Crippen molar-refractivity contribution in [2.24, 2.45) is 0 Å². The van der Waals surface area contributed by atoms with E-state index in [1.165, 1.54) is 27.4 Å². The van der Waals surface area contributed by atoms with E-state index < -0.39 is 0 Å². The molecule has 0 bridgehead atoms. The van der Waals surface area contributed by atoms with Gasteiger partial charge in [-0.25, -0.2) is 4.98 Å². The van der Waals surface area contributed by atoms with Gasteiger partial charge in [-0.1, -0.05) is 43.7 Å². The van der Waals surface area contributed by atoms with Crippen molar-refractivity contribution in [1.82, 2.24) is 15.0 Å². The Labute approximate surface area is 129 Å². The van der Waals surface area contributed by atoms with Crippen LogP contribution in [0.2, 0.25) is 0 Å². The van der Waals surface area contributed by atoms with E-state index in [0.717, 1.165) is 18.5 Å². The maximum Gasteiger partial charge on any atom is 0.0923 e. The lowest BCUT2D eigenvalue weighted by atomic mass is 9.91. The highest BCUT2D eigenvalue weighted by molar-refractivity contribution is 6.07. The van der Waals surface area contributed by atoms with E-state index in [9.17, 15) is 0 Å². The van der Waals surface area contributed by atoms with Gasteiger partial charge in [0.1, 0.15) is 0 Å². The largest absolute Gasteiger partial charge is 0.355 e. The molecule has 1 unspecified atom stereocenters. The maximum atomic E-state index is 4.47. The number of nitrogens with zero attached hydrogens (tertiary/aromatic N) is 1. The number of fused-ring (bicyclic) bond motifs is 3. The fraction of sp³-hybridized carbons (Fsp3) is 0.211. The fourth-order valence-electron chi connectivity index (χ4n) is 3.33. The molecule has 2 aromatic heterocycles. The number of para-hydroxylation sites is 1. The molecule has 2 aromatic carbocycles. The lowest BCUT2D eigenvalue weighted by Crippen LogP contribution is -2.01. The maximum absolute atomic E-state index is 4.47. The summed E-state index contributed by atoms with van der Waals surface area (Å²) >= 11 is 0.